The molecule has 14 heteroatoms. The fraction of sp³-hybridized carbons (Fsp3) is 0.326. The summed E-state index contributed by atoms with van der Waals surface area (Å²) in [5.74, 6) is 1.01. The molecular weight excluding hydrogens is 783 g/mol. The van der Waals surface area contributed by atoms with Crippen molar-refractivity contribution in [3.63, 3.8) is 0 Å². The molecule has 316 valence electrons. The van der Waals surface area contributed by atoms with Crippen LogP contribution in [0.4, 0.5) is 5.82 Å². The van der Waals surface area contributed by atoms with Gasteiger partial charge in [0.15, 0.2) is 0 Å². The zero-order valence-corrected chi connectivity index (χ0v) is 35.7. The van der Waals surface area contributed by atoms with E-state index in [0.29, 0.717) is 17.1 Å². The van der Waals surface area contributed by atoms with E-state index in [4.69, 9.17) is 28.0 Å². The first-order chi connectivity index (χ1) is 28.9. The average molecular weight is 837 g/mol. The summed E-state index contributed by atoms with van der Waals surface area (Å²) in [7, 11) is -0.815. The monoisotopic (exact) mass is 836 g/mol. The molecule has 6 rings (SSSR count). The number of amides is 1. The first-order valence-electron chi connectivity index (χ1n) is 19.8. The predicted molar refractivity (Wildman–Crippen MR) is 230 cm³/mol. The predicted octanol–water partition coefficient (Wildman–Crippen LogP) is 8.62. The number of carbonyl (C=O) groups is 1. The van der Waals surface area contributed by atoms with Crippen LogP contribution in [0.5, 0.6) is 11.5 Å². The average Bonchev–Trinajstić information content (AvgIpc) is 3.65. The van der Waals surface area contributed by atoms with Gasteiger partial charge in [0.1, 0.15) is 41.4 Å². The van der Waals surface area contributed by atoms with E-state index in [1.54, 1.807) is 49.2 Å². The molecule has 0 radical (unpaired) electrons. The van der Waals surface area contributed by atoms with Crippen LogP contribution in [0, 0.1) is 0 Å². The Balaban J connectivity index is 1.41. The van der Waals surface area contributed by atoms with Crippen molar-refractivity contribution in [1.29, 1.82) is 0 Å². The Morgan fingerprint density at radius 2 is 1.43 bits per heavy atom. The van der Waals surface area contributed by atoms with Gasteiger partial charge in [0.25, 0.3) is 5.91 Å². The molecule has 0 bridgehead atoms. The van der Waals surface area contributed by atoms with Crippen molar-refractivity contribution in [2.45, 2.75) is 70.2 Å². The van der Waals surface area contributed by atoms with Crippen molar-refractivity contribution < 1.29 is 37.4 Å². The van der Waals surface area contributed by atoms with Crippen molar-refractivity contribution in [1.82, 2.24) is 14.2 Å². The van der Waals surface area contributed by atoms with Gasteiger partial charge >= 0.3 is 13.4 Å². The van der Waals surface area contributed by atoms with E-state index in [-0.39, 0.29) is 37.5 Å². The van der Waals surface area contributed by atoms with Gasteiger partial charge in [-0.1, -0.05) is 78.9 Å². The summed E-state index contributed by atoms with van der Waals surface area (Å²) in [6, 6.07) is 34.8. The number of hydrogen-bond acceptors (Lipinski definition) is 10. The van der Waals surface area contributed by atoms with Gasteiger partial charge in [-0.25, -0.2) is 14.0 Å². The molecule has 0 spiro atoms. The molecule has 1 aromatic heterocycles. The molecule has 13 nitrogen and oxygen atoms in total. The van der Waals surface area contributed by atoms with Gasteiger partial charge in [0, 0.05) is 30.3 Å². The minimum absolute atomic E-state index is 0.0308. The second-order valence-corrected chi connectivity index (χ2v) is 16.6. The molecule has 0 aliphatic carbocycles. The Kier molecular flexibility index (Phi) is 14.6. The van der Waals surface area contributed by atoms with Gasteiger partial charge in [-0.15, -0.1) is 6.58 Å². The number of hydrogen-bond donors (Lipinski definition) is 1. The normalized spacial score (nSPS) is 17.7. The SMILES string of the molecule is C=CCOP(=O)(OC1C[C@H](n2ccc(NC(=O)c3ccccc3)nc2=O)O[C@@H]1COC(c1ccccc1)(c1ccc(OC)cc1)c1ccc(OC)cc1)N(C(C)C)C(C)C. The molecule has 1 fully saturated rings. The molecule has 1 saturated heterocycles. The molecule has 1 N–H and O–H groups in total. The second kappa shape index (κ2) is 19.8. The molecule has 1 aliphatic rings. The molecule has 4 atom stereocenters. The van der Waals surface area contributed by atoms with E-state index >= 15 is 4.57 Å². The highest BCUT2D eigenvalue weighted by Crippen LogP contribution is 2.57. The van der Waals surface area contributed by atoms with Gasteiger partial charge in [0.05, 0.1) is 27.4 Å². The van der Waals surface area contributed by atoms with Crippen molar-refractivity contribution >= 4 is 19.5 Å². The molecule has 1 aliphatic heterocycles. The number of rotatable bonds is 19. The molecule has 0 saturated carbocycles. The highest BCUT2D eigenvalue weighted by Gasteiger charge is 2.48. The minimum atomic E-state index is -4.04. The second-order valence-electron chi connectivity index (χ2n) is 14.8. The molecule has 4 aromatic carbocycles. The minimum Gasteiger partial charge on any atom is -0.497 e. The van der Waals surface area contributed by atoms with Crippen molar-refractivity contribution in [2.24, 2.45) is 0 Å². The van der Waals surface area contributed by atoms with E-state index in [1.165, 1.54) is 22.9 Å². The molecule has 2 unspecified atom stereocenters. The molecule has 60 heavy (non-hydrogen) atoms. The Labute approximate surface area is 351 Å². The maximum atomic E-state index is 15.0. The maximum Gasteiger partial charge on any atom is 0.409 e. The largest absolute Gasteiger partial charge is 0.497 e. The lowest BCUT2D eigenvalue weighted by Crippen LogP contribution is -2.40. The Bertz CT molecular complexity index is 2230. The van der Waals surface area contributed by atoms with Crippen LogP contribution in [0.2, 0.25) is 0 Å². The maximum absolute atomic E-state index is 15.0. The van der Waals surface area contributed by atoms with Crippen LogP contribution >= 0.6 is 7.75 Å². The van der Waals surface area contributed by atoms with Gasteiger partial charge in [-0.2, -0.15) is 4.98 Å². The summed E-state index contributed by atoms with van der Waals surface area (Å²) >= 11 is 0. The Morgan fingerprint density at radius 1 is 0.883 bits per heavy atom. The number of nitrogens with one attached hydrogen (secondary N) is 1. The first kappa shape index (κ1) is 44.2. The summed E-state index contributed by atoms with van der Waals surface area (Å²) < 4.78 is 55.7. The third-order valence-electron chi connectivity index (χ3n) is 10.2. The topological polar surface area (TPSA) is 140 Å². The zero-order valence-electron chi connectivity index (χ0n) is 34.8. The third kappa shape index (κ3) is 9.79. The van der Waals surface area contributed by atoms with Crippen LogP contribution in [0.3, 0.4) is 0 Å². The standard InChI is InChI=1S/C46H53N4O9P/c1-8-29-57-60(53,50(32(2)3)33(4)5)59-40-30-43(49-28-27-42(48-45(49)52)47-44(51)34-15-11-9-12-16-34)58-41(40)31-56-46(35-17-13-10-14-18-35,36-19-23-38(54-6)24-20-36)37-21-25-39(55-7)26-22-37/h8-28,32-33,40-41,43H,1,29-31H2,2-7H3,(H,47,48,51,52)/t40?,41-,43-,60?/m1/s1. The smallest absolute Gasteiger partial charge is 0.409 e. The summed E-state index contributed by atoms with van der Waals surface area (Å²) in [4.78, 5) is 30.7. The third-order valence-corrected chi connectivity index (χ3v) is 12.7. The molecule has 1 amide bonds. The Hall–Kier alpha value is -5.40. The fourth-order valence-electron chi connectivity index (χ4n) is 7.52. The first-order valence-corrected chi connectivity index (χ1v) is 21.3. The summed E-state index contributed by atoms with van der Waals surface area (Å²) in [5, 5.41) is 2.68. The zero-order chi connectivity index (χ0) is 42.9. The van der Waals surface area contributed by atoms with Crippen molar-refractivity contribution in [3.05, 3.63) is 167 Å². The molecular formula is C46H53N4O9P. The highest BCUT2D eigenvalue weighted by molar-refractivity contribution is 7.51. The van der Waals surface area contributed by atoms with E-state index in [2.05, 4.69) is 16.9 Å². The van der Waals surface area contributed by atoms with Crippen LogP contribution in [-0.2, 0) is 28.7 Å². The fourth-order valence-corrected chi connectivity index (χ4v) is 9.82. The number of anilines is 1. The number of nitrogens with zero attached hydrogens (tertiary/aromatic N) is 3. The highest BCUT2D eigenvalue weighted by atomic mass is 31.2. The van der Waals surface area contributed by atoms with Gasteiger partial charge in [-0.3, -0.25) is 18.4 Å². The van der Waals surface area contributed by atoms with E-state index in [0.717, 1.165) is 16.7 Å². The Morgan fingerprint density at radius 3 is 1.95 bits per heavy atom. The molecule has 2 heterocycles. The van der Waals surface area contributed by atoms with Gasteiger partial charge < -0.3 is 24.3 Å². The van der Waals surface area contributed by atoms with Crippen LogP contribution in [0.25, 0.3) is 0 Å². The van der Waals surface area contributed by atoms with Crippen LogP contribution in [0.15, 0.2) is 139 Å². The quantitative estimate of drug-likeness (QED) is 0.0486. The van der Waals surface area contributed by atoms with Crippen molar-refractivity contribution in [2.75, 3.05) is 32.8 Å². The summed E-state index contributed by atoms with van der Waals surface area (Å²) in [6.45, 7) is 11.3. The molecule has 5 aromatic rings. The summed E-state index contributed by atoms with van der Waals surface area (Å²) in [5.41, 5.74) is 0.955. The van der Waals surface area contributed by atoms with E-state index < -0.39 is 43.4 Å². The van der Waals surface area contributed by atoms with Crippen LogP contribution in [0.1, 0.15) is 67.4 Å². The lowest BCUT2D eigenvalue weighted by molar-refractivity contribution is -0.0937. The van der Waals surface area contributed by atoms with Gasteiger partial charge in [0.2, 0.25) is 0 Å². The van der Waals surface area contributed by atoms with Crippen LogP contribution < -0.4 is 20.5 Å². The van der Waals surface area contributed by atoms with Crippen molar-refractivity contribution in [3.8, 4) is 11.5 Å². The number of methoxy groups -OCH3 is 2. The lowest BCUT2D eigenvalue weighted by atomic mass is 9.80. The van der Waals surface area contributed by atoms with E-state index in [9.17, 15) is 9.59 Å². The number of ether oxygens (including phenoxy) is 4. The summed E-state index contributed by atoms with van der Waals surface area (Å²) in [6.07, 6.45) is 0.392. The van der Waals surface area contributed by atoms with E-state index in [1.807, 2.05) is 107 Å². The number of aromatic nitrogens is 2. The number of carbonyl (C=O) groups excluding carboxylic acids is 1. The van der Waals surface area contributed by atoms with Gasteiger partial charge in [-0.05, 0) is 86.8 Å². The number of benzene rings is 4. The lowest BCUT2D eigenvalue weighted by Gasteiger charge is -2.39. The van der Waals surface area contributed by atoms with Crippen LogP contribution in [-0.4, -0.2) is 71.9 Å².